The Kier molecular flexibility index (Phi) is 4.36. The number of hydrogen-bond donors (Lipinski definition) is 1. The van der Waals surface area contributed by atoms with E-state index in [-0.39, 0.29) is 5.91 Å². The summed E-state index contributed by atoms with van der Waals surface area (Å²) < 4.78 is 5.60. The fraction of sp³-hybridized carbons (Fsp3) is 0.583. The SMILES string of the molecule is O=C(NCCC1CCCCO1)c1cccs1. The maximum atomic E-state index is 11.6. The van der Waals surface area contributed by atoms with Crippen molar-refractivity contribution in [1.29, 1.82) is 0 Å². The number of carbonyl (C=O) groups excluding carboxylic acids is 1. The summed E-state index contributed by atoms with van der Waals surface area (Å²) in [5, 5.41) is 4.84. The molecule has 0 saturated carbocycles. The van der Waals surface area contributed by atoms with Crippen molar-refractivity contribution in [2.75, 3.05) is 13.2 Å². The summed E-state index contributed by atoms with van der Waals surface area (Å²) in [6.45, 7) is 1.59. The van der Waals surface area contributed by atoms with Crippen LogP contribution in [0.2, 0.25) is 0 Å². The second-order valence-electron chi connectivity index (χ2n) is 4.01. The minimum Gasteiger partial charge on any atom is -0.378 e. The largest absolute Gasteiger partial charge is 0.378 e. The molecule has 1 aliphatic heterocycles. The zero-order valence-electron chi connectivity index (χ0n) is 9.28. The molecule has 4 heteroatoms. The van der Waals surface area contributed by atoms with E-state index >= 15 is 0 Å². The summed E-state index contributed by atoms with van der Waals surface area (Å²) in [6.07, 6.45) is 4.84. The first-order valence-corrected chi connectivity index (χ1v) is 6.67. The van der Waals surface area contributed by atoms with Gasteiger partial charge in [0.1, 0.15) is 0 Å². The lowest BCUT2D eigenvalue weighted by Crippen LogP contribution is -2.28. The average Bonchev–Trinajstić information content (AvgIpc) is 2.84. The molecule has 1 N–H and O–H groups in total. The molecule has 1 fully saturated rings. The summed E-state index contributed by atoms with van der Waals surface area (Å²) in [7, 11) is 0. The van der Waals surface area contributed by atoms with Gasteiger partial charge in [0, 0.05) is 13.2 Å². The normalized spacial score (nSPS) is 20.6. The van der Waals surface area contributed by atoms with Crippen LogP contribution in [0.25, 0.3) is 0 Å². The first-order chi connectivity index (χ1) is 7.86. The van der Waals surface area contributed by atoms with Crippen molar-refractivity contribution < 1.29 is 9.53 Å². The van der Waals surface area contributed by atoms with Crippen LogP contribution in [0.5, 0.6) is 0 Å². The van der Waals surface area contributed by atoms with Crippen LogP contribution in [0.15, 0.2) is 17.5 Å². The van der Waals surface area contributed by atoms with Gasteiger partial charge in [0.15, 0.2) is 0 Å². The van der Waals surface area contributed by atoms with Gasteiger partial charge in [-0.15, -0.1) is 11.3 Å². The van der Waals surface area contributed by atoms with E-state index in [1.165, 1.54) is 24.2 Å². The molecule has 2 rings (SSSR count). The van der Waals surface area contributed by atoms with Crippen LogP contribution in [0.1, 0.15) is 35.4 Å². The monoisotopic (exact) mass is 239 g/mol. The second kappa shape index (κ2) is 6.01. The zero-order valence-corrected chi connectivity index (χ0v) is 10.1. The third-order valence-corrected chi connectivity index (χ3v) is 3.64. The van der Waals surface area contributed by atoms with Gasteiger partial charge in [-0.2, -0.15) is 0 Å². The Hall–Kier alpha value is -0.870. The van der Waals surface area contributed by atoms with Gasteiger partial charge >= 0.3 is 0 Å². The predicted octanol–water partition coefficient (Wildman–Crippen LogP) is 2.44. The van der Waals surface area contributed by atoms with E-state index in [0.29, 0.717) is 12.6 Å². The predicted molar refractivity (Wildman–Crippen MR) is 64.9 cm³/mol. The second-order valence-corrected chi connectivity index (χ2v) is 4.96. The number of amides is 1. The van der Waals surface area contributed by atoms with Crippen molar-refractivity contribution in [2.24, 2.45) is 0 Å². The van der Waals surface area contributed by atoms with Gasteiger partial charge in [-0.25, -0.2) is 0 Å². The molecule has 0 radical (unpaired) electrons. The molecule has 0 aromatic carbocycles. The van der Waals surface area contributed by atoms with Crippen LogP contribution in [-0.2, 0) is 4.74 Å². The maximum absolute atomic E-state index is 11.6. The van der Waals surface area contributed by atoms with Crippen LogP contribution in [0, 0.1) is 0 Å². The quantitative estimate of drug-likeness (QED) is 0.876. The van der Waals surface area contributed by atoms with Crippen LogP contribution >= 0.6 is 11.3 Å². The Morgan fingerprint density at radius 2 is 2.50 bits per heavy atom. The van der Waals surface area contributed by atoms with E-state index in [0.717, 1.165) is 24.3 Å². The zero-order chi connectivity index (χ0) is 11.2. The molecule has 1 aromatic heterocycles. The Morgan fingerprint density at radius 3 is 3.19 bits per heavy atom. The summed E-state index contributed by atoms with van der Waals surface area (Å²) in [6, 6.07) is 3.74. The molecule has 0 aliphatic carbocycles. The number of nitrogens with one attached hydrogen (secondary N) is 1. The fourth-order valence-corrected chi connectivity index (χ4v) is 2.52. The molecule has 1 saturated heterocycles. The van der Waals surface area contributed by atoms with Gasteiger partial charge in [-0.05, 0) is 37.1 Å². The standard InChI is InChI=1S/C12H17NO2S/c14-12(11-5-3-9-16-11)13-7-6-10-4-1-2-8-15-10/h3,5,9-10H,1-2,4,6-8H2,(H,13,14). The molecular formula is C12H17NO2S. The molecule has 0 spiro atoms. The smallest absolute Gasteiger partial charge is 0.261 e. The number of ether oxygens (including phenoxy) is 1. The molecule has 3 nitrogen and oxygen atoms in total. The van der Waals surface area contributed by atoms with Gasteiger partial charge in [-0.1, -0.05) is 6.07 Å². The highest BCUT2D eigenvalue weighted by atomic mass is 32.1. The number of thiophene rings is 1. The van der Waals surface area contributed by atoms with Crippen LogP contribution in [0.4, 0.5) is 0 Å². The molecule has 1 unspecified atom stereocenters. The first kappa shape index (κ1) is 11.6. The minimum atomic E-state index is 0.0332. The fourth-order valence-electron chi connectivity index (χ4n) is 1.88. The molecular weight excluding hydrogens is 222 g/mol. The molecule has 16 heavy (non-hydrogen) atoms. The van der Waals surface area contributed by atoms with Crippen LogP contribution in [-0.4, -0.2) is 25.2 Å². The molecule has 1 amide bonds. The highest BCUT2D eigenvalue weighted by Crippen LogP contribution is 2.15. The van der Waals surface area contributed by atoms with Gasteiger partial charge in [-0.3, -0.25) is 4.79 Å². The summed E-state index contributed by atoms with van der Waals surface area (Å²) >= 11 is 1.47. The van der Waals surface area contributed by atoms with E-state index in [2.05, 4.69) is 5.32 Å². The molecule has 2 heterocycles. The van der Waals surface area contributed by atoms with E-state index in [4.69, 9.17) is 4.74 Å². The molecule has 0 bridgehead atoms. The number of hydrogen-bond acceptors (Lipinski definition) is 3. The Balaban J connectivity index is 1.66. The van der Waals surface area contributed by atoms with Crippen LogP contribution < -0.4 is 5.32 Å². The van der Waals surface area contributed by atoms with E-state index in [1.54, 1.807) is 0 Å². The average molecular weight is 239 g/mol. The van der Waals surface area contributed by atoms with E-state index in [1.807, 2.05) is 17.5 Å². The van der Waals surface area contributed by atoms with Gasteiger partial charge in [0.2, 0.25) is 0 Å². The van der Waals surface area contributed by atoms with Crippen molar-refractivity contribution in [3.05, 3.63) is 22.4 Å². The van der Waals surface area contributed by atoms with Crippen molar-refractivity contribution in [1.82, 2.24) is 5.32 Å². The lowest BCUT2D eigenvalue weighted by atomic mass is 10.1. The Morgan fingerprint density at radius 1 is 1.56 bits per heavy atom. The van der Waals surface area contributed by atoms with Crippen molar-refractivity contribution in [2.45, 2.75) is 31.8 Å². The minimum absolute atomic E-state index is 0.0332. The molecule has 1 aromatic rings. The molecule has 1 aliphatic rings. The maximum Gasteiger partial charge on any atom is 0.261 e. The summed E-state index contributed by atoms with van der Waals surface area (Å²) in [5.41, 5.74) is 0. The number of rotatable bonds is 4. The highest BCUT2D eigenvalue weighted by molar-refractivity contribution is 7.12. The van der Waals surface area contributed by atoms with Gasteiger partial charge in [0.05, 0.1) is 11.0 Å². The van der Waals surface area contributed by atoms with E-state index in [9.17, 15) is 4.79 Å². The van der Waals surface area contributed by atoms with E-state index < -0.39 is 0 Å². The molecule has 1 atom stereocenters. The third-order valence-electron chi connectivity index (χ3n) is 2.77. The lowest BCUT2D eigenvalue weighted by molar-refractivity contribution is 0.0117. The summed E-state index contributed by atoms with van der Waals surface area (Å²) in [4.78, 5) is 12.4. The van der Waals surface area contributed by atoms with Crippen LogP contribution in [0.3, 0.4) is 0 Å². The van der Waals surface area contributed by atoms with Crippen molar-refractivity contribution in [3.63, 3.8) is 0 Å². The molecule has 88 valence electrons. The van der Waals surface area contributed by atoms with Gasteiger partial charge in [0.25, 0.3) is 5.91 Å². The van der Waals surface area contributed by atoms with Gasteiger partial charge < -0.3 is 10.1 Å². The number of carbonyl (C=O) groups is 1. The summed E-state index contributed by atoms with van der Waals surface area (Å²) in [5.74, 6) is 0.0332. The topological polar surface area (TPSA) is 38.3 Å². The Bertz CT molecular complexity index is 318. The highest BCUT2D eigenvalue weighted by Gasteiger charge is 2.14. The third kappa shape index (κ3) is 3.32. The lowest BCUT2D eigenvalue weighted by Gasteiger charge is -2.22. The Labute approximate surface area is 99.8 Å². The first-order valence-electron chi connectivity index (χ1n) is 5.79. The van der Waals surface area contributed by atoms with Crippen molar-refractivity contribution >= 4 is 17.2 Å². The van der Waals surface area contributed by atoms with Crippen molar-refractivity contribution in [3.8, 4) is 0 Å².